The first-order valence-corrected chi connectivity index (χ1v) is 4.48. The molecule has 0 saturated carbocycles. The quantitative estimate of drug-likeness (QED) is 0.743. The minimum Gasteiger partial charge on any atom is -0.296 e. The van der Waals surface area contributed by atoms with E-state index in [1.54, 1.807) is 0 Å². The van der Waals surface area contributed by atoms with Crippen LogP contribution in [0.15, 0.2) is 10.9 Å². The van der Waals surface area contributed by atoms with Gasteiger partial charge < -0.3 is 0 Å². The Hall–Kier alpha value is -1.04. The lowest BCUT2D eigenvalue weighted by molar-refractivity contribution is -0.136. The van der Waals surface area contributed by atoms with Crippen molar-refractivity contribution in [3.63, 3.8) is 0 Å². The first kappa shape index (κ1) is 12.0. The van der Waals surface area contributed by atoms with E-state index in [2.05, 4.69) is 4.98 Å². The molecule has 1 heterocycles. The minimum atomic E-state index is -4.29. The Morgan fingerprint density at radius 2 is 2.13 bits per heavy atom. The number of aromatic nitrogens is 2. The highest BCUT2D eigenvalue weighted by molar-refractivity contribution is 6.29. The number of aryl methyl sites for hydroxylation is 1. The monoisotopic (exact) mass is 240 g/mol. The second kappa shape index (κ2) is 4.22. The van der Waals surface area contributed by atoms with Crippen LogP contribution in [0.2, 0.25) is 5.15 Å². The van der Waals surface area contributed by atoms with Crippen molar-refractivity contribution in [1.82, 2.24) is 9.55 Å². The Bertz CT molecular complexity index is 413. The van der Waals surface area contributed by atoms with Crippen molar-refractivity contribution >= 4 is 11.6 Å². The molecule has 3 nitrogen and oxygen atoms in total. The molecule has 0 N–H and O–H groups in total. The third kappa shape index (κ3) is 3.54. The molecule has 0 radical (unpaired) electrons. The molecule has 15 heavy (non-hydrogen) atoms. The Morgan fingerprint density at radius 3 is 2.60 bits per heavy atom. The van der Waals surface area contributed by atoms with Crippen molar-refractivity contribution in [2.24, 2.45) is 0 Å². The average molecular weight is 241 g/mol. The predicted molar refractivity (Wildman–Crippen MR) is 48.9 cm³/mol. The molecule has 1 aromatic rings. The first-order chi connectivity index (χ1) is 6.79. The topological polar surface area (TPSA) is 34.9 Å². The molecule has 0 amide bonds. The Balaban J connectivity index is 2.91. The lowest BCUT2D eigenvalue weighted by Crippen LogP contribution is -2.25. The fourth-order valence-corrected chi connectivity index (χ4v) is 1.31. The van der Waals surface area contributed by atoms with Crippen molar-refractivity contribution in [1.29, 1.82) is 0 Å². The summed E-state index contributed by atoms with van der Waals surface area (Å²) in [6.45, 7) is 1.00. The molecule has 0 saturated heterocycles. The van der Waals surface area contributed by atoms with Crippen LogP contribution in [0, 0.1) is 6.92 Å². The normalized spacial score (nSPS) is 11.8. The van der Waals surface area contributed by atoms with Crippen molar-refractivity contribution in [2.45, 2.75) is 26.1 Å². The minimum absolute atomic E-state index is 0.0132. The summed E-state index contributed by atoms with van der Waals surface area (Å²) in [6, 6.07) is 0.991. The molecule has 84 valence electrons. The maximum absolute atomic E-state index is 11.9. The van der Waals surface area contributed by atoms with Gasteiger partial charge in [0.05, 0.1) is 6.42 Å². The molecule has 0 aliphatic heterocycles. The van der Waals surface area contributed by atoms with E-state index in [0.29, 0.717) is 0 Å². The van der Waals surface area contributed by atoms with Gasteiger partial charge in [-0.15, -0.1) is 0 Å². The Kier molecular flexibility index (Phi) is 3.38. The van der Waals surface area contributed by atoms with Gasteiger partial charge in [-0.05, 0) is 6.92 Å². The third-order valence-corrected chi connectivity index (χ3v) is 1.98. The SMILES string of the molecule is Cc1nc(Cl)cc(=O)n1CCC(F)(F)F. The van der Waals surface area contributed by atoms with Gasteiger partial charge in [0, 0.05) is 12.6 Å². The fourth-order valence-electron chi connectivity index (χ4n) is 1.10. The summed E-state index contributed by atoms with van der Waals surface area (Å²) in [7, 11) is 0. The zero-order valence-electron chi connectivity index (χ0n) is 7.81. The van der Waals surface area contributed by atoms with Crippen molar-refractivity contribution in [2.75, 3.05) is 0 Å². The van der Waals surface area contributed by atoms with E-state index in [4.69, 9.17) is 11.6 Å². The number of hydrogen-bond acceptors (Lipinski definition) is 2. The molecule has 0 aromatic carbocycles. The van der Waals surface area contributed by atoms with Gasteiger partial charge in [0.15, 0.2) is 0 Å². The van der Waals surface area contributed by atoms with E-state index in [1.807, 2.05) is 0 Å². The van der Waals surface area contributed by atoms with Crippen LogP contribution in [-0.2, 0) is 6.54 Å². The molecule has 0 atom stereocenters. The fraction of sp³-hybridized carbons (Fsp3) is 0.500. The Labute approximate surface area is 88.5 Å². The number of alkyl halides is 3. The van der Waals surface area contributed by atoms with Crippen LogP contribution >= 0.6 is 11.6 Å². The molecule has 7 heteroatoms. The predicted octanol–water partition coefficient (Wildman–Crippen LogP) is 2.16. The third-order valence-electron chi connectivity index (χ3n) is 1.79. The van der Waals surface area contributed by atoms with Gasteiger partial charge in [-0.3, -0.25) is 9.36 Å². The second-order valence-corrected chi connectivity index (χ2v) is 3.37. The smallest absolute Gasteiger partial charge is 0.296 e. The van der Waals surface area contributed by atoms with Crippen LogP contribution in [0.5, 0.6) is 0 Å². The summed E-state index contributed by atoms with van der Waals surface area (Å²) < 4.78 is 36.7. The lowest BCUT2D eigenvalue weighted by atomic mass is 10.4. The molecule has 0 aliphatic rings. The summed E-state index contributed by atoms with van der Waals surface area (Å²) in [5.74, 6) is 0.178. The van der Waals surface area contributed by atoms with Gasteiger partial charge in [0.25, 0.3) is 5.56 Å². The van der Waals surface area contributed by atoms with Crippen LogP contribution in [0.25, 0.3) is 0 Å². The van der Waals surface area contributed by atoms with E-state index in [-0.39, 0.29) is 11.0 Å². The van der Waals surface area contributed by atoms with Crippen LogP contribution in [0.3, 0.4) is 0 Å². The van der Waals surface area contributed by atoms with Crippen LogP contribution in [-0.4, -0.2) is 15.7 Å². The van der Waals surface area contributed by atoms with Gasteiger partial charge in [-0.25, -0.2) is 4.98 Å². The highest BCUT2D eigenvalue weighted by atomic mass is 35.5. The van der Waals surface area contributed by atoms with E-state index in [0.717, 1.165) is 10.6 Å². The van der Waals surface area contributed by atoms with Gasteiger partial charge in [-0.2, -0.15) is 13.2 Å². The molecule has 0 fully saturated rings. The maximum Gasteiger partial charge on any atom is 0.390 e. The number of hydrogen-bond donors (Lipinski definition) is 0. The largest absolute Gasteiger partial charge is 0.390 e. The van der Waals surface area contributed by atoms with Gasteiger partial charge >= 0.3 is 6.18 Å². The van der Waals surface area contributed by atoms with Crippen LogP contribution in [0.1, 0.15) is 12.2 Å². The van der Waals surface area contributed by atoms with E-state index >= 15 is 0 Å². The van der Waals surface area contributed by atoms with Gasteiger partial charge in [0.1, 0.15) is 11.0 Å². The highest BCUT2D eigenvalue weighted by Gasteiger charge is 2.27. The highest BCUT2D eigenvalue weighted by Crippen LogP contribution is 2.20. The van der Waals surface area contributed by atoms with Gasteiger partial charge in [-0.1, -0.05) is 11.6 Å². The van der Waals surface area contributed by atoms with Crippen LogP contribution in [0.4, 0.5) is 13.2 Å². The molecule has 0 aliphatic carbocycles. The molecule has 1 rings (SSSR count). The van der Waals surface area contributed by atoms with Crippen molar-refractivity contribution < 1.29 is 13.2 Å². The van der Waals surface area contributed by atoms with E-state index < -0.39 is 24.7 Å². The first-order valence-electron chi connectivity index (χ1n) is 4.10. The van der Waals surface area contributed by atoms with E-state index in [1.165, 1.54) is 6.92 Å². The Morgan fingerprint density at radius 1 is 1.53 bits per heavy atom. The van der Waals surface area contributed by atoms with Crippen LogP contribution < -0.4 is 5.56 Å². The summed E-state index contributed by atoms with van der Waals surface area (Å²) in [4.78, 5) is 14.9. The molecule has 0 unspecified atom stereocenters. The zero-order chi connectivity index (χ0) is 11.6. The molecule has 1 aromatic heterocycles. The average Bonchev–Trinajstić information content (AvgIpc) is 1.99. The molecule has 0 bridgehead atoms. The van der Waals surface area contributed by atoms with Gasteiger partial charge in [0.2, 0.25) is 0 Å². The molecular weight excluding hydrogens is 233 g/mol. The number of rotatable bonds is 2. The summed E-state index contributed by atoms with van der Waals surface area (Å²) >= 11 is 5.47. The number of halogens is 4. The summed E-state index contributed by atoms with van der Waals surface area (Å²) in [5.41, 5.74) is -0.572. The second-order valence-electron chi connectivity index (χ2n) is 2.98. The number of nitrogens with zero attached hydrogens (tertiary/aromatic N) is 2. The van der Waals surface area contributed by atoms with E-state index in [9.17, 15) is 18.0 Å². The standard InChI is InChI=1S/C8H8ClF3N2O/c1-5-13-6(9)4-7(15)14(5)3-2-8(10,11)12/h4H,2-3H2,1H3. The maximum atomic E-state index is 11.9. The molecule has 0 spiro atoms. The zero-order valence-corrected chi connectivity index (χ0v) is 8.56. The van der Waals surface area contributed by atoms with Crippen molar-refractivity contribution in [3.05, 3.63) is 27.4 Å². The molecular formula is C8H8ClF3N2O. The summed E-state index contributed by atoms with van der Waals surface area (Å²) in [5, 5.41) is -0.0132. The van der Waals surface area contributed by atoms with Crippen molar-refractivity contribution in [3.8, 4) is 0 Å². The lowest BCUT2D eigenvalue weighted by Gasteiger charge is -2.10. The summed E-state index contributed by atoms with van der Waals surface area (Å²) in [6.07, 6.45) is -5.34.